The van der Waals surface area contributed by atoms with Crippen LogP contribution in [0, 0.1) is 0 Å². The Kier molecular flexibility index (Phi) is 8.07. The number of fused-ring (bicyclic) bond motifs is 1. The average molecular weight is 689 g/mol. The van der Waals surface area contributed by atoms with Gasteiger partial charge in [-0.3, -0.25) is 18.8 Å². The SMILES string of the molecule is C[C@@H](NC(=O)c1c2n(c(=O)n1-c1ccc(OC3CC3)cc1)CCN(Cc1ccc(Br)c(Cl)c1)C2)c1ccccc1-n1cncn1. The van der Waals surface area contributed by atoms with E-state index in [0.717, 1.165) is 39.9 Å². The van der Waals surface area contributed by atoms with Gasteiger partial charge in [0.1, 0.15) is 24.1 Å². The summed E-state index contributed by atoms with van der Waals surface area (Å²) in [5.41, 5.74) is 4.08. The fraction of sp³-hybridized carbons (Fsp3) is 0.273. The van der Waals surface area contributed by atoms with Crippen LogP contribution in [0.1, 0.15) is 53.1 Å². The van der Waals surface area contributed by atoms with Crippen LogP contribution in [0.3, 0.4) is 0 Å². The number of amides is 1. The van der Waals surface area contributed by atoms with E-state index in [9.17, 15) is 9.59 Å². The number of ether oxygens (including phenoxy) is 1. The summed E-state index contributed by atoms with van der Waals surface area (Å²) < 4.78 is 11.7. The van der Waals surface area contributed by atoms with Crippen LogP contribution in [-0.4, -0.2) is 47.4 Å². The number of benzene rings is 3. The zero-order valence-electron chi connectivity index (χ0n) is 24.6. The third kappa shape index (κ3) is 6.07. The van der Waals surface area contributed by atoms with Gasteiger partial charge in [0.2, 0.25) is 0 Å². The smallest absolute Gasteiger partial charge is 0.333 e. The summed E-state index contributed by atoms with van der Waals surface area (Å²) in [6.07, 6.45) is 5.47. The zero-order chi connectivity index (χ0) is 31.1. The summed E-state index contributed by atoms with van der Waals surface area (Å²) in [5.74, 6) is 0.413. The summed E-state index contributed by atoms with van der Waals surface area (Å²) in [6.45, 7) is 4.08. The fourth-order valence-corrected chi connectivity index (χ4v) is 6.25. The van der Waals surface area contributed by atoms with Crippen molar-refractivity contribution >= 4 is 33.4 Å². The number of imidazole rings is 1. The van der Waals surface area contributed by atoms with Crippen molar-refractivity contribution in [3.63, 3.8) is 0 Å². The number of nitrogens with zero attached hydrogens (tertiary/aromatic N) is 6. The lowest BCUT2D eigenvalue weighted by Crippen LogP contribution is -2.37. The standard InChI is InChI=1S/C33H31BrClN7O3/c1-21(26-4-2-3-5-29(26)41-20-36-19-37-41)38-32(43)31-30-18-39(17-22-6-13-27(34)28(35)16-22)14-15-40(30)33(44)42(31)23-7-9-24(10-8-23)45-25-11-12-25/h2-10,13,16,19-21,25H,11-12,14-15,17-18H2,1H3,(H,38,43)/t21-/m1/s1. The van der Waals surface area contributed by atoms with Gasteiger partial charge < -0.3 is 10.1 Å². The van der Waals surface area contributed by atoms with E-state index >= 15 is 0 Å². The fourth-order valence-electron chi connectivity index (χ4n) is 5.80. The normalized spacial score (nSPS) is 15.4. The van der Waals surface area contributed by atoms with Gasteiger partial charge in [-0.1, -0.05) is 35.9 Å². The van der Waals surface area contributed by atoms with E-state index in [2.05, 4.69) is 36.2 Å². The molecule has 1 fully saturated rings. The number of carbonyl (C=O) groups is 1. The van der Waals surface area contributed by atoms with E-state index in [0.29, 0.717) is 48.3 Å². The molecule has 1 atom stereocenters. The Bertz CT molecular complexity index is 1920. The molecule has 0 unspecified atom stereocenters. The maximum atomic E-state index is 14.3. The van der Waals surface area contributed by atoms with Crippen molar-refractivity contribution in [1.29, 1.82) is 0 Å². The Balaban J connectivity index is 1.24. The van der Waals surface area contributed by atoms with E-state index in [1.165, 1.54) is 10.9 Å². The van der Waals surface area contributed by atoms with Crippen LogP contribution in [0.15, 0.2) is 88.7 Å². The van der Waals surface area contributed by atoms with Crippen molar-refractivity contribution in [3.8, 4) is 17.1 Å². The van der Waals surface area contributed by atoms with Crippen LogP contribution in [0.4, 0.5) is 0 Å². The van der Waals surface area contributed by atoms with Gasteiger partial charge in [0.05, 0.1) is 34.2 Å². The van der Waals surface area contributed by atoms with Crippen molar-refractivity contribution < 1.29 is 9.53 Å². The molecule has 230 valence electrons. The Hall–Kier alpha value is -4.19. The van der Waals surface area contributed by atoms with Crippen LogP contribution in [0.2, 0.25) is 5.02 Å². The molecule has 3 heterocycles. The Labute approximate surface area is 273 Å². The second-order valence-electron chi connectivity index (χ2n) is 11.4. The number of rotatable bonds is 9. The molecule has 2 aromatic heterocycles. The Morgan fingerprint density at radius 2 is 1.91 bits per heavy atom. The minimum Gasteiger partial charge on any atom is -0.490 e. The molecular weight excluding hydrogens is 658 g/mol. The number of nitrogens with one attached hydrogen (secondary N) is 1. The van der Waals surface area contributed by atoms with Crippen molar-refractivity contribution in [2.75, 3.05) is 6.54 Å². The topological polar surface area (TPSA) is 99.2 Å². The first-order chi connectivity index (χ1) is 21.9. The average Bonchev–Trinajstić information content (AvgIpc) is 3.58. The van der Waals surface area contributed by atoms with E-state index in [-0.39, 0.29) is 17.7 Å². The van der Waals surface area contributed by atoms with Crippen LogP contribution in [0.5, 0.6) is 5.75 Å². The van der Waals surface area contributed by atoms with Crippen LogP contribution >= 0.6 is 27.5 Å². The molecule has 0 spiro atoms. The third-order valence-corrected chi connectivity index (χ3v) is 9.43. The summed E-state index contributed by atoms with van der Waals surface area (Å²) in [6, 6.07) is 20.6. The van der Waals surface area contributed by atoms with E-state index in [4.69, 9.17) is 16.3 Å². The minimum absolute atomic E-state index is 0.243. The number of hydrogen-bond acceptors (Lipinski definition) is 6. The maximum absolute atomic E-state index is 14.3. The molecule has 1 saturated carbocycles. The monoisotopic (exact) mass is 687 g/mol. The van der Waals surface area contributed by atoms with Crippen molar-refractivity contribution in [2.45, 2.75) is 51.5 Å². The van der Waals surface area contributed by atoms with E-state index < -0.39 is 6.04 Å². The third-order valence-electron chi connectivity index (χ3n) is 8.20. The van der Waals surface area contributed by atoms with Gasteiger partial charge >= 0.3 is 5.69 Å². The summed E-state index contributed by atoms with van der Waals surface area (Å²) >= 11 is 9.83. The van der Waals surface area contributed by atoms with E-state index in [1.54, 1.807) is 15.6 Å². The van der Waals surface area contributed by atoms with Crippen molar-refractivity contribution in [3.05, 3.63) is 122 Å². The largest absolute Gasteiger partial charge is 0.490 e. The number of carbonyl (C=O) groups excluding carboxylic acids is 1. The van der Waals surface area contributed by atoms with Gasteiger partial charge in [0.15, 0.2) is 0 Å². The predicted molar refractivity (Wildman–Crippen MR) is 174 cm³/mol. The lowest BCUT2D eigenvalue weighted by molar-refractivity contribution is 0.0929. The summed E-state index contributed by atoms with van der Waals surface area (Å²) in [4.78, 5) is 34.6. The first-order valence-corrected chi connectivity index (χ1v) is 16.1. The van der Waals surface area contributed by atoms with Gasteiger partial charge in [-0.2, -0.15) is 5.10 Å². The lowest BCUT2D eigenvalue weighted by Gasteiger charge is -2.28. The van der Waals surface area contributed by atoms with Gasteiger partial charge in [-0.25, -0.2) is 14.5 Å². The van der Waals surface area contributed by atoms with Crippen molar-refractivity contribution in [1.82, 2.24) is 34.1 Å². The van der Waals surface area contributed by atoms with Crippen molar-refractivity contribution in [2.24, 2.45) is 0 Å². The Morgan fingerprint density at radius 3 is 2.64 bits per heavy atom. The Morgan fingerprint density at radius 1 is 1.11 bits per heavy atom. The molecule has 3 aromatic carbocycles. The highest BCUT2D eigenvalue weighted by molar-refractivity contribution is 9.10. The van der Waals surface area contributed by atoms with Gasteiger partial charge in [-0.05, 0) is 89.3 Å². The highest BCUT2D eigenvalue weighted by Crippen LogP contribution is 2.29. The molecule has 2 aliphatic rings. The van der Waals surface area contributed by atoms with Crippen LogP contribution < -0.4 is 15.7 Å². The molecule has 1 amide bonds. The highest BCUT2D eigenvalue weighted by Gasteiger charge is 2.31. The number of para-hydroxylation sites is 1. The summed E-state index contributed by atoms with van der Waals surface area (Å²) in [5, 5.41) is 8.09. The first-order valence-electron chi connectivity index (χ1n) is 14.9. The quantitative estimate of drug-likeness (QED) is 0.214. The van der Waals surface area contributed by atoms with Crippen LogP contribution in [-0.2, 0) is 19.6 Å². The molecule has 1 aliphatic heterocycles. The first kappa shape index (κ1) is 29.5. The minimum atomic E-state index is -0.393. The second kappa shape index (κ2) is 12.3. The molecule has 0 bridgehead atoms. The predicted octanol–water partition coefficient (Wildman–Crippen LogP) is 5.68. The molecule has 0 saturated heterocycles. The molecule has 1 aliphatic carbocycles. The maximum Gasteiger partial charge on any atom is 0.333 e. The summed E-state index contributed by atoms with van der Waals surface area (Å²) in [7, 11) is 0. The molecule has 45 heavy (non-hydrogen) atoms. The van der Waals surface area contributed by atoms with Crippen LogP contribution in [0.25, 0.3) is 11.4 Å². The van der Waals surface area contributed by atoms with Gasteiger partial charge in [-0.15, -0.1) is 0 Å². The molecular formula is C33H31BrClN7O3. The zero-order valence-corrected chi connectivity index (χ0v) is 26.9. The molecule has 5 aromatic rings. The molecule has 10 nitrogen and oxygen atoms in total. The molecule has 12 heteroatoms. The van der Waals surface area contributed by atoms with E-state index in [1.807, 2.05) is 73.7 Å². The molecule has 1 N–H and O–H groups in total. The lowest BCUT2D eigenvalue weighted by atomic mass is 10.1. The number of aromatic nitrogens is 5. The number of halogens is 2. The van der Waals surface area contributed by atoms with Gasteiger partial charge in [0, 0.05) is 30.7 Å². The number of hydrogen-bond donors (Lipinski definition) is 1. The van der Waals surface area contributed by atoms with Gasteiger partial charge in [0.25, 0.3) is 5.91 Å². The highest BCUT2D eigenvalue weighted by atomic mass is 79.9. The molecule has 7 rings (SSSR count). The second-order valence-corrected chi connectivity index (χ2v) is 12.7. The molecule has 0 radical (unpaired) electrons.